The van der Waals surface area contributed by atoms with Crippen LogP contribution in [0.3, 0.4) is 0 Å². The van der Waals surface area contributed by atoms with Crippen molar-refractivity contribution in [1.29, 1.82) is 0 Å². The molecule has 0 aliphatic rings. The number of hydrogen-bond donors (Lipinski definition) is 2. The molecule has 7 nitrogen and oxygen atoms in total. The summed E-state index contributed by atoms with van der Waals surface area (Å²) in [5, 5.41) is 18.1. The molecule has 2 rings (SSSR count). The number of amides is 1. The molecule has 0 spiro atoms. The first-order valence-electron chi connectivity index (χ1n) is 8.67. The van der Waals surface area contributed by atoms with Crippen molar-refractivity contribution in [3.63, 3.8) is 0 Å². The van der Waals surface area contributed by atoms with E-state index in [1.54, 1.807) is 16.8 Å². The van der Waals surface area contributed by atoms with Gasteiger partial charge in [-0.1, -0.05) is 18.7 Å². The molecule has 0 bridgehead atoms. The number of rotatable bonds is 10. The Morgan fingerprint density at radius 2 is 2.04 bits per heavy atom. The molecule has 0 radical (unpaired) electrons. The van der Waals surface area contributed by atoms with Gasteiger partial charge >= 0.3 is 0 Å². The largest absolute Gasteiger partial charge is 0.351 e. The highest BCUT2D eigenvalue weighted by Gasteiger charge is 2.20. The molecule has 1 atom stereocenters. The summed E-state index contributed by atoms with van der Waals surface area (Å²) in [5.41, 5.74) is 1.04. The summed E-state index contributed by atoms with van der Waals surface area (Å²) >= 11 is 0. The summed E-state index contributed by atoms with van der Waals surface area (Å²) in [6.45, 7) is 8.50. The lowest BCUT2D eigenvalue weighted by Crippen LogP contribution is -2.34. The number of aryl methyl sites for hydroxylation is 1. The topological polar surface area (TPSA) is 84.7 Å². The third kappa shape index (κ3) is 5.73. The Hall–Kier alpha value is -2.61. The van der Waals surface area contributed by atoms with Crippen LogP contribution >= 0.6 is 0 Å². The van der Waals surface area contributed by atoms with Gasteiger partial charge in [-0.2, -0.15) is 0 Å². The Bertz CT molecular complexity index is 713. The summed E-state index contributed by atoms with van der Waals surface area (Å²) in [6.07, 6.45) is 2.74. The van der Waals surface area contributed by atoms with E-state index in [-0.39, 0.29) is 23.8 Å². The third-order valence-electron chi connectivity index (χ3n) is 3.95. The highest BCUT2D eigenvalue weighted by Crippen LogP contribution is 2.19. The van der Waals surface area contributed by atoms with Crippen LogP contribution in [0.5, 0.6) is 0 Å². The lowest BCUT2D eigenvalue weighted by Gasteiger charge is -2.19. The zero-order valence-corrected chi connectivity index (χ0v) is 15.2. The minimum Gasteiger partial charge on any atom is -0.351 e. The highest BCUT2D eigenvalue weighted by atomic mass is 19.1. The van der Waals surface area contributed by atoms with Crippen LogP contribution in [0.1, 0.15) is 43.7 Å². The fraction of sp³-hybridized carbons (Fsp3) is 0.444. The summed E-state index contributed by atoms with van der Waals surface area (Å²) in [7, 11) is 0. The van der Waals surface area contributed by atoms with Crippen molar-refractivity contribution in [3.8, 4) is 0 Å². The normalized spacial score (nSPS) is 12.2. The smallest absolute Gasteiger partial charge is 0.243 e. The van der Waals surface area contributed by atoms with Gasteiger partial charge in [0.2, 0.25) is 5.91 Å². The van der Waals surface area contributed by atoms with Crippen molar-refractivity contribution < 1.29 is 9.18 Å². The number of halogens is 1. The molecule has 1 heterocycles. The number of aromatic nitrogens is 4. The van der Waals surface area contributed by atoms with Crippen LogP contribution < -0.4 is 10.6 Å². The molecule has 26 heavy (non-hydrogen) atoms. The minimum atomic E-state index is -0.245. The first kappa shape index (κ1) is 19.7. The second kappa shape index (κ2) is 9.76. The van der Waals surface area contributed by atoms with Crippen molar-refractivity contribution >= 4 is 5.91 Å². The summed E-state index contributed by atoms with van der Waals surface area (Å²) < 4.78 is 14.8. The zero-order chi connectivity index (χ0) is 18.9. The van der Waals surface area contributed by atoms with Gasteiger partial charge in [-0.25, -0.2) is 9.07 Å². The molecule has 2 aromatic rings. The van der Waals surface area contributed by atoms with E-state index in [1.165, 1.54) is 18.2 Å². The van der Waals surface area contributed by atoms with Crippen molar-refractivity contribution in [1.82, 2.24) is 30.8 Å². The lowest BCUT2D eigenvalue weighted by atomic mass is 10.0. The molecule has 140 valence electrons. The predicted octanol–water partition coefficient (Wildman–Crippen LogP) is 1.96. The van der Waals surface area contributed by atoms with E-state index in [0.29, 0.717) is 13.1 Å². The molecule has 0 saturated carbocycles. The molecule has 0 aliphatic heterocycles. The lowest BCUT2D eigenvalue weighted by molar-refractivity contribution is -0.116. The monoisotopic (exact) mass is 360 g/mol. The van der Waals surface area contributed by atoms with E-state index < -0.39 is 0 Å². The number of benzene rings is 1. The van der Waals surface area contributed by atoms with Crippen molar-refractivity contribution in [2.75, 3.05) is 13.1 Å². The number of nitrogens with zero attached hydrogens (tertiary/aromatic N) is 4. The maximum absolute atomic E-state index is 13.1. The summed E-state index contributed by atoms with van der Waals surface area (Å²) in [4.78, 5) is 11.2. The molecule has 0 saturated heterocycles. The Labute approximate surface area is 152 Å². The van der Waals surface area contributed by atoms with Crippen LogP contribution in [0.15, 0.2) is 36.9 Å². The highest BCUT2D eigenvalue weighted by molar-refractivity contribution is 5.86. The average Bonchev–Trinajstić information content (AvgIpc) is 3.12. The molecule has 1 amide bonds. The van der Waals surface area contributed by atoms with E-state index in [4.69, 9.17) is 0 Å². The first-order valence-corrected chi connectivity index (χ1v) is 8.67. The molecule has 1 aromatic heterocycles. The molecule has 1 unspecified atom stereocenters. The van der Waals surface area contributed by atoms with Gasteiger partial charge in [0.15, 0.2) is 5.82 Å². The Balaban J connectivity index is 2.02. The third-order valence-corrected chi connectivity index (χ3v) is 3.95. The van der Waals surface area contributed by atoms with Crippen LogP contribution in [-0.4, -0.2) is 39.2 Å². The standard InChI is InChI=1S/C18H25FN6O/c1-4-17(26)21-12-11-20-16(18-22-23-24-25(18)13(2)3)10-7-14-5-8-15(19)9-6-14/h4-6,8-9,13,16,20H,1,7,10-12H2,2-3H3,(H,21,26). The quantitative estimate of drug-likeness (QED) is 0.500. The van der Waals surface area contributed by atoms with Gasteiger partial charge in [-0.05, 0) is 60.9 Å². The fourth-order valence-corrected chi connectivity index (χ4v) is 2.59. The van der Waals surface area contributed by atoms with Gasteiger partial charge in [0, 0.05) is 13.1 Å². The number of hydrogen-bond acceptors (Lipinski definition) is 5. The summed E-state index contributed by atoms with van der Waals surface area (Å²) in [6, 6.07) is 6.53. The van der Waals surface area contributed by atoms with Crippen LogP contribution in [0.2, 0.25) is 0 Å². The number of tetrazole rings is 1. The predicted molar refractivity (Wildman–Crippen MR) is 96.9 cm³/mol. The molecule has 8 heteroatoms. The number of nitrogens with one attached hydrogen (secondary N) is 2. The van der Waals surface area contributed by atoms with Gasteiger partial charge in [-0.3, -0.25) is 4.79 Å². The maximum atomic E-state index is 13.1. The van der Waals surface area contributed by atoms with Gasteiger partial charge < -0.3 is 10.6 Å². The number of carbonyl (C=O) groups is 1. The average molecular weight is 360 g/mol. The Morgan fingerprint density at radius 3 is 2.69 bits per heavy atom. The SMILES string of the molecule is C=CC(=O)NCCNC(CCc1ccc(F)cc1)c1nnnn1C(C)C. The van der Waals surface area contributed by atoms with Gasteiger partial charge in [0.1, 0.15) is 5.82 Å². The molecule has 0 fully saturated rings. The zero-order valence-electron chi connectivity index (χ0n) is 15.2. The Morgan fingerprint density at radius 1 is 1.31 bits per heavy atom. The molecule has 0 aliphatic carbocycles. The van der Waals surface area contributed by atoms with E-state index in [9.17, 15) is 9.18 Å². The van der Waals surface area contributed by atoms with Crippen LogP contribution in [0.4, 0.5) is 4.39 Å². The maximum Gasteiger partial charge on any atom is 0.243 e. The molecular formula is C18H25FN6O. The Kier molecular flexibility index (Phi) is 7.40. The van der Waals surface area contributed by atoms with Crippen LogP contribution in [0.25, 0.3) is 0 Å². The van der Waals surface area contributed by atoms with Crippen LogP contribution in [-0.2, 0) is 11.2 Å². The second-order valence-corrected chi connectivity index (χ2v) is 6.24. The van der Waals surface area contributed by atoms with Gasteiger partial charge in [-0.15, -0.1) is 5.10 Å². The van der Waals surface area contributed by atoms with E-state index in [1.807, 2.05) is 13.8 Å². The van der Waals surface area contributed by atoms with Crippen LogP contribution in [0, 0.1) is 5.82 Å². The van der Waals surface area contributed by atoms with Crippen molar-refractivity contribution in [3.05, 3.63) is 54.1 Å². The minimum absolute atomic E-state index is 0.0851. The molecule has 1 aromatic carbocycles. The summed E-state index contributed by atoms with van der Waals surface area (Å²) in [5.74, 6) is 0.295. The van der Waals surface area contributed by atoms with Gasteiger partial charge in [0.05, 0.1) is 12.1 Å². The second-order valence-electron chi connectivity index (χ2n) is 6.24. The van der Waals surface area contributed by atoms with E-state index >= 15 is 0 Å². The van der Waals surface area contributed by atoms with Crippen molar-refractivity contribution in [2.24, 2.45) is 0 Å². The molecule has 2 N–H and O–H groups in total. The van der Waals surface area contributed by atoms with E-state index in [2.05, 4.69) is 32.7 Å². The van der Waals surface area contributed by atoms with Gasteiger partial charge in [0.25, 0.3) is 0 Å². The van der Waals surface area contributed by atoms with E-state index in [0.717, 1.165) is 24.2 Å². The fourth-order valence-electron chi connectivity index (χ4n) is 2.59. The molecular weight excluding hydrogens is 335 g/mol. The number of carbonyl (C=O) groups excluding carboxylic acids is 1. The first-order chi connectivity index (χ1) is 12.5. The van der Waals surface area contributed by atoms with Crippen molar-refractivity contribution in [2.45, 2.75) is 38.8 Å².